The molecular formula is C14H21N3O. The molecule has 98 valence electrons. The van der Waals surface area contributed by atoms with Crippen LogP contribution in [0, 0.1) is 0 Å². The van der Waals surface area contributed by atoms with E-state index in [1.807, 2.05) is 30.0 Å². The van der Waals surface area contributed by atoms with Gasteiger partial charge in [-0.15, -0.1) is 0 Å². The number of aromatic nitrogens is 1. The molecule has 0 aromatic carbocycles. The van der Waals surface area contributed by atoms with E-state index in [9.17, 15) is 4.79 Å². The Morgan fingerprint density at radius 3 is 2.89 bits per heavy atom. The molecule has 1 aromatic heterocycles. The van der Waals surface area contributed by atoms with E-state index in [2.05, 4.69) is 11.9 Å². The number of amides is 1. The van der Waals surface area contributed by atoms with Gasteiger partial charge in [-0.2, -0.15) is 0 Å². The molecule has 1 aliphatic heterocycles. The number of carbonyl (C=O) groups excluding carboxylic acids is 1. The number of carbonyl (C=O) groups is 1. The average molecular weight is 247 g/mol. The summed E-state index contributed by atoms with van der Waals surface area (Å²) in [7, 11) is 3.86. The molecule has 4 nitrogen and oxygen atoms in total. The largest absolute Gasteiger partial charge is 0.363 e. The van der Waals surface area contributed by atoms with Crippen LogP contribution in [0.5, 0.6) is 0 Å². The van der Waals surface area contributed by atoms with Crippen LogP contribution in [-0.4, -0.2) is 42.5 Å². The topological polar surface area (TPSA) is 36.4 Å². The van der Waals surface area contributed by atoms with Crippen molar-refractivity contribution in [2.45, 2.75) is 32.2 Å². The number of hydrogen-bond donors (Lipinski definition) is 0. The number of pyridine rings is 1. The quantitative estimate of drug-likeness (QED) is 0.803. The predicted octanol–water partition coefficient (Wildman–Crippen LogP) is 2.16. The molecule has 1 atom stereocenters. The molecule has 0 spiro atoms. The van der Waals surface area contributed by atoms with E-state index in [-0.39, 0.29) is 5.91 Å². The Morgan fingerprint density at radius 1 is 1.44 bits per heavy atom. The fourth-order valence-corrected chi connectivity index (χ4v) is 2.36. The third-order valence-corrected chi connectivity index (χ3v) is 3.51. The fraction of sp³-hybridized carbons (Fsp3) is 0.571. The van der Waals surface area contributed by atoms with Gasteiger partial charge in [-0.05, 0) is 38.3 Å². The maximum absolute atomic E-state index is 12.5. The van der Waals surface area contributed by atoms with Crippen molar-refractivity contribution >= 4 is 11.7 Å². The maximum Gasteiger partial charge on any atom is 0.254 e. The van der Waals surface area contributed by atoms with E-state index in [4.69, 9.17) is 0 Å². The molecule has 18 heavy (non-hydrogen) atoms. The van der Waals surface area contributed by atoms with Gasteiger partial charge in [-0.3, -0.25) is 4.79 Å². The van der Waals surface area contributed by atoms with Crippen LogP contribution in [0.25, 0.3) is 0 Å². The predicted molar refractivity (Wildman–Crippen MR) is 72.9 cm³/mol. The van der Waals surface area contributed by atoms with Crippen LogP contribution in [0.3, 0.4) is 0 Å². The van der Waals surface area contributed by atoms with E-state index in [1.54, 1.807) is 12.3 Å². The second kappa shape index (κ2) is 5.38. The van der Waals surface area contributed by atoms with Crippen molar-refractivity contribution in [2.24, 2.45) is 0 Å². The lowest BCUT2D eigenvalue weighted by molar-refractivity contribution is 0.0635. The molecule has 0 radical (unpaired) electrons. The zero-order chi connectivity index (χ0) is 13.1. The number of rotatable bonds is 2. The number of piperidine rings is 1. The summed E-state index contributed by atoms with van der Waals surface area (Å²) in [4.78, 5) is 20.6. The molecule has 1 amide bonds. The third-order valence-electron chi connectivity index (χ3n) is 3.51. The molecule has 4 heteroatoms. The standard InChI is InChI=1S/C14H21N3O/c1-11-6-4-5-9-17(11)14(18)12-7-8-15-13(10-12)16(2)3/h7-8,10-11H,4-6,9H2,1-3H3. The molecular weight excluding hydrogens is 226 g/mol. The van der Waals surface area contributed by atoms with Gasteiger partial charge in [-0.25, -0.2) is 4.98 Å². The van der Waals surface area contributed by atoms with Crippen molar-refractivity contribution in [2.75, 3.05) is 25.5 Å². The van der Waals surface area contributed by atoms with Gasteiger partial charge in [0.05, 0.1) is 0 Å². The SMILES string of the molecule is CC1CCCCN1C(=O)c1ccnc(N(C)C)c1. The lowest BCUT2D eigenvalue weighted by atomic mass is 10.0. The van der Waals surface area contributed by atoms with Gasteiger partial charge >= 0.3 is 0 Å². The minimum absolute atomic E-state index is 0.132. The highest BCUT2D eigenvalue weighted by Gasteiger charge is 2.24. The first-order chi connectivity index (χ1) is 8.59. The summed E-state index contributed by atoms with van der Waals surface area (Å²) in [6.45, 7) is 3.00. The van der Waals surface area contributed by atoms with Crippen molar-refractivity contribution < 1.29 is 4.79 Å². The molecule has 1 aromatic rings. The third kappa shape index (κ3) is 2.63. The van der Waals surface area contributed by atoms with Crippen molar-refractivity contribution in [3.8, 4) is 0 Å². The van der Waals surface area contributed by atoms with E-state index in [1.165, 1.54) is 6.42 Å². The second-order valence-corrected chi connectivity index (χ2v) is 5.14. The monoisotopic (exact) mass is 247 g/mol. The highest BCUT2D eigenvalue weighted by Crippen LogP contribution is 2.20. The van der Waals surface area contributed by atoms with Gasteiger partial charge in [0.1, 0.15) is 5.82 Å². The summed E-state index contributed by atoms with van der Waals surface area (Å²) in [5.74, 6) is 0.957. The van der Waals surface area contributed by atoms with Crippen LogP contribution in [0.15, 0.2) is 18.3 Å². The van der Waals surface area contributed by atoms with Crippen LogP contribution in [0.1, 0.15) is 36.5 Å². The van der Waals surface area contributed by atoms with Crippen molar-refractivity contribution in [3.05, 3.63) is 23.9 Å². The van der Waals surface area contributed by atoms with E-state index in [0.29, 0.717) is 6.04 Å². The smallest absolute Gasteiger partial charge is 0.254 e. The van der Waals surface area contributed by atoms with Gasteiger partial charge in [-0.1, -0.05) is 0 Å². The van der Waals surface area contributed by atoms with E-state index < -0.39 is 0 Å². The average Bonchev–Trinajstić information content (AvgIpc) is 2.38. The molecule has 2 rings (SSSR count). The Labute approximate surface area is 109 Å². The molecule has 1 saturated heterocycles. The minimum Gasteiger partial charge on any atom is -0.363 e. The summed E-state index contributed by atoms with van der Waals surface area (Å²) in [5.41, 5.74) is 0.738. The van der Waals surface area contributed by atoms with Gasteiger partial charge < -0.3 is 9.80 Å². The maximum atomic E-state index is 12.5. The Morgan fingerprint density at radius 2 is 2.22 bits per heavy atom. The van der Waals surface area contributed by atoms with Gasteiger partial charge in [0.15, 0.2) is 0 Å². The Balaban J connectivity index is 2.19. The fourth-order valence-electron chi connectivity index (χ4n) is 2.36. The summed E-state index contributed by atoms with van der Waals surface area (Å²) in [5, 5.41) is 0. The van der Waals surface area contributed by atoms with Crippen molar-refractivity contribution in [3.63, 3.8) is 0 Å². The molecule has 0 bridgehead atoms. The summed E-state index contributed by atoms with van der Waals surface area (Å²) >= 11 is 0. The molecule has 0 N–H and O–H groups in total. The first kappa shape index (κ1) is 12.9. The normalized spacial score (nSPS) is 19.7. The van der Waals surface area contributed by atoms with Crippen LogP contribution in [0.4, 0.5) is 5.82 Å². The second-order valence-electron chi connectivity index (χ2n) is 5.14. The van der Waals surface area contributed by atoms with Crippen LogP contribution in [0.2, 0.25) is 0 Å². The van der Waals surface area contributed by atoms with Crippen LogP contribution >= 0.6 is 0 Å². The summed E-state index contributed by atoms with van der Waals surface area (Å²) in [6.07, 6.45) is 5.15. The van der Waals surface area contributed by atoms with Gasteiger partial charge in [0, 0.05) is 38.4 Å². The number of hydrogen-bond acceptors (Lipinski definition) is 3. The number of nitrogens with zero attached hydrogens (tertiary/aromatic N) is 3. The number of likely N-dealkylation sites (tertiary alicyclic amines) is 1. The Kier molecular flexibility index (Phi) is 3.84. The first-order valence-corrected chi connectivity index (χ1v) is 6.54. The molecule has 0 saturated carbocycles. The van der Waals surface area contributed by atoms with E-state index >= 15 is 0 Å². The molecule has 1 unspecified atom stereocenters. The van der Waals surface area contributed by atoms with E-state index in [0.717, 1.165) is 30.8 Å². The zero-order valence-corrected chi connectivity index (χ0v) is 11.4. The zero-order valence-electron chi connectivity index (χ0n) is 11.4. The summed E-state index contributed by atoms with van der Waals surface area (Å²) in [6, 6.07) is 4.02. The first-order valence-electron chi connectivity index (χ1n) is 6.54. The summed E-state index contributed by atoms with van der Waals surface area (Å²) < 4.78 is 0. The van der Waals surface area contributed by atoms with Gasteiger partial charge in [0.25, 0.3) is 5.91 Å². The molecule has 2 heterocycles. The Hall–Kier alpha value is -1.58. The molecule has 1 aliphatic rings. The highest BCUT2D eigenvalue weighted by atomic mass is 16.2. The minimum atomic E-state index is 0.132. The Bertz CT molecular complexity index is 431. The lowest BCUT2D eigenvalue weighted by Gasteiger charge is -2.33. The van der Waals surface area contributed by atoms with Crippen LogP contribution < -0.4 is 4.90 Å². The highest BCUT2D eigenvalue weighted by molar-refractivity contribution is 5.95. The van der Waals surface area contributed by atoms with Crippen molar-refractivity contribution in [1.82, 2.24) is 9.88 Å². The molecule has 1 fully saturated rings. The van der Waals surface area contributed by atoms with Crippen LogP contribution in [-0.2, 0) is 0 Å². The number of anilines is 1. The lowest BCUT2D eigenvalue weighted by Crippen LogP contribution is -2.42. The molecule has 0 aliphatic carbocycles. The van der Waals surface area contributed by atoms with Gasteiger partial charge in [0.2, 0.25) is 0 Å². The van der Waals surface area contributed by atoms with Crippen molar-refractivity contribution in [1.29, 1.82) is 0 Å².